The second kappa shape index (κ2) is 8.21. The fourth-order valence-electron chi connectivity index (χ4n) is 1.79. The van der Waals surface area contributed by atoms with E-state index in [9.17, 15) is 0 Å². The summed E-state index contributed by atoms with van der Waals surface area (Å²) in [5, 5.41) is 3.58. The van der Waals surface area contributed by atoms with Gasteiger partial charge in [0, 0.05) is 33.0 Å². The Kier molecular flexibility index (Phi) is 7.01. The first-order valence-electron chi connectivity index (χ1n) is 5.73. The Labute approximate surface area is 87.2 Å². The van der Waals surface area contributed by atoms with Gasteiger partial charge in [0.25, 0.3) is 0 Å². The summed E-state index contributed by atoms with van der Waals surface area (Å²) in [7, 11) is 1.76. The van der Waals surface area contributed by atoms with E-state index in [2.05, 4.69) is 5.32 Å². The van der Waals surface area contributed by atoms with Gasteiger partial charge in [-0.25, -0.2) is 0 Å². The van der Waals surface area contributed by atoms with Crippen LogP contribution in [0.5, 0.6) is 0 Å². The van der Waals surface area contributed by atoms with Gasteiger partial charge in [0.2, 0.25) is 0 Å². The number of unbranched alkanes of at least 4 members (excludes halogenated alkanes) is 1. The van der Waals surface area contributed by atoms with Crippen molar-refractivity contribution in [1.82, 2.24) is 5.32 Å². The summed E-state index contributed by atoms with van der Waals surface area (Å²) in [6.07, 6.45) is 6.02. The van der Waals surface area contributed by atoms with Crippen LogP contribution < -0.4 is 5.32 Å². The molecule has 1 heterocycles. The highest BCUT2D eigenvalue weighted by Crippen LogP contribution is 2.07. The van der Waals surface area contributed by atoms with E-state index in [0.29, 0.717) is 6.04 Å². The number of nitrogens with one attached hydrogen (secondary N) is 1. The quantitative estimate of drug-likeness (QED) is 0.662. The molecule has 0 radical (unpaired) electrons. The molecule has 1 aliphatic heterocycles. The topological polar surface area (TPSA) is 30.5 Å². The lowest BCUT2D eigenvalue weighted by Gasteiger charge is -2.15. The van der Waals surface area contributed by atoms with Gasteiger partial charge in [0.1, 0.15) is 0 Å². The molecule has 0 saturated carbocycles. The molecule has 3 nitrogen and oxygen atoms in total. The van der Waals surface area contributed by atoms with E-state index in [1.54, 1.807) is 7.11 Å². The van der Waals surface area contributed by atoms with Crippen LogP contribution in [0.25, 0.3) is 0 Å². The summed E-state index contributed by atoms with van der Waals surface area (Å²) < 4.78 is 10.4. The summed E-state index contributed by atoms with van der Waals surface area (Å²) in [5.74, 6) is 0. The molecular weight excluding hydrogens is 178 g/mol. The van der Waals surface area contributed by atoms with Crippen molar-refractivity contribution in [3.05, 3.63) is 0 Å². The summed E-state index contributed by atoms with van der Waals surface area (Å²) in [5.41, 5.74) is 0. The average Bonchev–Trinajstić information content (AvgIpc) is 2.46. The van der Waals surface area contributed by atoms with Gasteiger partial charge in [-0.3, -0.25) is 0 Å². The van der Waals surface area contributed by atoms with Crippen LogP contribution >= 0.6 is 0 Å². The molecule has 0 aromatic carbocycles. The molecule has 1 atom stereocenters. The molecule has 0 aromatic heterocycles. The van der Waals surface area contributed by atoms with Crippen molar-refractivity contribution in [3.8, 4) is 0 Å². The molecule has 3 heteroatoms. The third-order valence-electron chi connectivity index (χ3n) is 2.66. The van der Waals surface area contributed by atoms with E-state index in [1.165, 1.54) is 25.7 Å². The lowest BCUT2D eigenvalue weighted by Crippen LogP contribution is -2.30. The molecule has 1 N–H and O–H groups in total. The number of rotatable bonds is 6. The molecule has 1 aliphatic rings. The molecule has 1 rings (SSSR count). The maximum atomic E-state index is 5.41. The zero-order valence-electron chi connectivity index (χ0n) is 9.26. The van der Waals surface area contributed by atoms with Crippen LogP contribution in [0.2, 0.25) is 0 Å². The van der Waals surface area contributed by atoms with Crippen LogP contribution in [-0.2, 0) is 9.47 Å². The van der Waals surface area contributed by atoms with E-state index in [4.69, 9.17) is 9.47 Å². The number of ether oxygens (including phenoxy) is 2. The first-order valence-corrected chi connectivity index (χ1v) is 5.73. The molecule has 84 valence electrons. The van der Waals surface area contributed by atoms with Crippen LogP contribution in [0.15, 0.2) is 0 Å². The molecule has 0 aromatic rings. The first-order chi connectivity index (χ1) is 6.93. The molecular formula is C11H23NO2. The molecule has 1 fully saturated rings. The minimum absolute atomic E-state index is 0.681. The van der Waals surface area contributed by atoms with Gasteiger partial charge in [-0.15, -0.1) is 0 Å². The van der Waals surface area contributed by atoms with Gasteiger partial charge < -0.3 is 14.8 Å². The Morgan fingerprint density at radius 2 is 2.21 bits per heavy atom. The molecule has 1 unspecified atom stereocenters. The van der Waals surface area contributed by atoms with Gasteiger partial charge in [0.05, 0.1) is 0 Å². The van der Waals surface area contributed by atoms with Crippen molar-refractivity contribution in [1.29, 1.82) is 0 Å². The molecule has 0 amide bonds. The normalized spacial score (nSPS) is 23.4. The monoisotopic (exact) mass is 201 g/mol. The zero-order chi connectivity index (χ0) is 10.1. The van der Waals surface area contributed by atoms with Gasteiger partial charge in [-0.05, 0) is 38.6 Å². The van der Waals surface area contributed by atoms with Crippen LogP contribution in [0.4, 0.5) is 0 Å². The molecule has 14 heavy (non-hydrogen) atoms. The van der Waals surface area contributed by atoms with Crippen LogP contribution in [0.3, 0.4) is 0 Å². The van der Waals surface area contributed by atoms with Crippen LogP contribution in [0.1, 0.15) is 32.1 Å². The van der Waals surface area contributed by atoms with Crippen LogP contribution in [-0.4, -0.2) is 39.5 Å². The van der Waals surface area contributed by atoms with Crippen molar-refractivity contribution in [2.24, 2.45) is 0 Å². The van der Waals surface area contributed by atoms with Crippen molar-refractivity contribution >= 4 is 0 Å². The smallest absolute Gasteiger partial charge is 0.0480 e. The third kappa shape index (κ3) is 5.58. The molecule has 0 aliphatic carbocycles. The standard InChI is InChI=1S/C11H23NO2/c1-13-8-3-2-7-12-11-5-4-9-14-10-6-11/h11-12H,2-10H2,1H3. The Bertz CT molecular complexity index is 122. The van der Waals surface area contributed by atoms with E-state index in [-0.39, 0.29) is 0 Å². The second-order valence-corrected chi connectivity index (χ2v) is 3.89. The van der Waals surface area contributed by atoms with E-state index >= 15 is 0 Å². The highest BCUT2D eigenvalue weighted by molar-refractivity contribution is 4.68. The van der Waals surface area contributed by atoms with Gasteiger partial charge in [-0.2, -0.15) is 0 Å². The molecule has 1 saturated heterocycles. The summed E-state index contributed by atoms with van der Waals surface area (Å²) >= 11 is 0. The lowest BCUT2D eigenvalue weighted by molar-refractivity contribution is 0.142. The lowest BCUT2D eigenvalue weighted by atomic mass is 10.1. The number of hydrogen-bond donors (Lipinski definition) is 1. The third-order valence-corrected chi connectivity index (χ3v) is 2.66. The van der Waals surface area contributed by atoms with E-state index < -0.39 is 0 Å². The van der Waals surface area contributed by atoms with Gasteiger partial charge in [-0.1, -0.05) is 0 Å². The minimum Gasteiger partial charge on any atom is -0.385 e. The molecule has 0 bridgehead atoms. The zero-order valence-corrected chi connectivity index (χ0v) is 9.26. The fourth-order valence-corrected chi connectivity index (χ4v) is 1.79. The van der Waals surface area contributed by atoms with E-state index in [0.717, 1.165) is 32.8 Å². The predicted octanol–water partition coefficient (Wildman–Crippen LogP) is 1.57. The van der Waals surface area contributed by atoms with Gasteiger partial charge >= 0.3 is 0 Å². The highest BCUT2D eigenvalue weighted by atomic mass is 16.5. The Morgan fingerprint density at radius 1 is 1.29 bits per heavy atom. The Hall–Kier alpha value is -0.120. The average molecular weight is 201 g/mol. The Balaban J connectivity index is 1.93. The van der Waals surface area contributed by atoms with E-state index in [1.807, 2.05) is 0 Å². The summed E-state index contributed by atoms with van der Waals surface area (Å²) in [6.45, 7) is 3.88. The Morgan fingerprint density at radius 3 is 3.07 bits per heavy atom. The van der Waals surface area contributed by atoms with Gasteiger partial charge in [0.15, 0.2) is 0 Å². The van der Waals surface area contributed by atoms with Crippen molar-refractivity contribution < 1.29 is 9.47 Å². The fraction of sp³-hybridized carbons (Fsp3) is 1.00. The van der Waals surface area contributed by atoms with Crippen molar-refractivity contribution in [2.75, 3.05) is 33.5 Å². The van der Waals surface area contributed by atoms with Crippen molar-refractivity contribution in [2.45, 2.75) is 38.1 Å². The second-order valence-electron chi connectivity index (χ2n) is 3.89. The maximum absolute atomic E-state index is 5.41. The minimum atomic E-state index is 0.681. The molecule has 0 spiro atoms. The largest absolute Gasteiger partial charge is 0.385 e. The number of methoxy groups -OCH3 is 1. The summed E-state index contributed by atoms with van der Waals surface area (Å²) in [6, 6.07) is 0.681. The predicted molar refractivity (Wildman–Crippen MR) is 57.6 cm³/mol. The van der Waals surface area contributed by atoms with Crippen LogP contribution in [0, 0.1) is 0 Å². The highest BCUT2D eigenvalue weighted by Gasteiger charge is 2.10. The maximum Gasteiger partial charge on any atom is 0.0480 e. The number of hydrogen-bond acceptors (Lipinski definition) is 3. The van der Waals surface area contributed by atoms with Crippen molar-refractivity contribution in [3.63, 3.8) is 0 Å². The first kappa shape index (κ1) is 12.0. The summed E-state index contributed by atoms with van der Waals surface area (Å²) in [4.78, 5) is 0. The SMILES string of the molecule is COCCCCNC1CCCOCC1.